The fourth-order valence-electron chi connectivity index (χ4n) is 0.728. The van der Waals surface area contributed by atoms with Gasteiger partial charge in [-0.25, -0.2) is 0 Å². The second kappa shape index (κ2) is 3.99. The van der Waals surface area contributed by atoms with Gasteiger partial charge in [0.15, 0.2) is 0 Å². The van der Waals surface area contributed by atoms with Crippen molar-refractivity contribution in [3.63, 3.8) is 0 Å². The third-order valence-corrected chi connectivity index (χ3v) is 2.04. The first-order valence-corrected chi connectivity index (χ1v) is 4.68. The summed E-state index contributed by atoms with van der Waals surface area (Å²) in [6, 6.07) is 3.59. The minimum absolute atomic E-state index is 0.0408. The van der Waals surface area contributed by atoms with Crippen molar-refractivity contribution in [1.82, 2.24) is 4.98 Å². The molecular weight excluding hydrogens is 339 g/mol. The standard InChI is InChI=1S/C7H8NO2.Po/c1-10-7-4-6(5-9)2-3-8-7;/h2,4,9H,5H2,1H3;. The minimum atomic E-state index is 0.0408. The van der Waals surface area contributed by atoms with Gasteiger partial charge in [0, 0.05) is 0 Å². The number of nitrogens with zero attached hydrogens (tertiary/aromatic N) is 1. The normalized spacial score (nSPS) is 9.64. The van der Waals surface area contributed by atoms with Gasteiger partial charge in [-0.3, -0.25) is 0 Å². The van der Waals surface area contributed by atoms with Gasteiger partial charge in [0.05, 0.1) is 0 Å². The third kappa shape index (κ3) is 2.39. The summed E-state index contributed by atoms with van der Waals surface area (Å²) >= 11 is 1.27. The quantitative estimate of drug-likeness (QED) is 0.775. The zero-order valence-electron chi connectivity index (χ0n) is 6.07. The van der Waals surface area contributed by atoms with E-state index in [-0.39, 0.29) is 6.61 Å². The molecule has 1 radical (unpaired) electrons. The van der Waals surface area contributed by atoms with Crippen LogP contribution in [-0.4, -0.2) is 42.3 Å². The molecule has 0 aliphatic rings. The Morgan fingerprint density at radius 2 is 2.36 bits per heavy atom. The van der Waals surface area contributed by atoms with Crippen molar-refractivity contribution in [2.75, 3.05) is 7.11 Å². The van der Waals surface area contributed by atoms with Crippen LogP contribution in [0, 0.1) is 0 Å². The zero-order chi connectivity index (χ0) is 8.27. The summed E-state index contributed by atoms with van der Waals surface area (Å²) in [4.78, 5) is 4.10. The molecule has 0 atom stereocenters. The summed E-state index contributed by atoms with van der Waals surface area (Å²) in [5, 5.41) is 8.81. The first-order chi connectivity index (χ1) is 5.26. The van der Waals surface area contributed by atoms with Crippen molar-refractivity contribution in [2.24, 2.45) is 0 Å². The molecule has 59 valence electrons. The fraction of sp³-hybridized carbons (Fsp3) is 0.286. The van der Waals surface area contributed by atoms with E-state index in [9.17, 15) is 0 Å². The van der Waals surface area contributed by atoms with E-state index in [1.807, 2.05) is 6.07 Å². The monoisotopic (exact) mass is 347 g/mol. The number of methoxy groups -OCH3 is 1. The van der Waals surface area contributed by atoms with Crippen LogP contribution in [0.1, 0.15) is 5.56 Å². The van der Waals surface area contributed by atoms with Crippen molar-refractivity contribution in [3.05, 3.63) is 17.7 Å². The van der Waals surface area contributed by atoms with Crippen molar-refractivity contribution in [2.45, 2.75) is 6.61 Å². The van der Waals surface area contributed by atoms with Crippen molar-refractivity contribution < 1.29 is 9.84 Å². The van der Waals surface area contributed by atoms with Crippen LogP contribution >= 0.6 is 0 Å². The van der Waals surface area contributed by atoms with Crippen LogP contribution in [0.25, 0.3) is 0 Å². The van der Waals surface area contributed by atoms with E-state index in [1.165, 1.54) is 25.1 Å². The number of rotatable bonds is 2. The van der Waals surface area contributed by atoms with Crippen LogP contribution in [0.4, 0.5) is 0 Å². The van der Waals surface area contributed by atoms with E-state index in [0.717, 1.165) is 8.92 Å². The summed E-state index contributed by atoms with van der Waals surface area (Å²) < 4.78 is 5.87. The Hall–Kier alpha value is -0.194. The molecule has 4 heteroatoms. The SMILES string of the molecule is COc1cc(CO)c[c]([Po])n1. The average Bonchev–Trinajstić information content (AvgIpc) is 2.03. The summed E-state index contributed by atoms with van der Waals surface area (Å²) in [5.41, 5.74) is 0.849. The molecule has 1 aromatic heterocycles. The van der Waals surface area contributed by atoms with E-state index in [2.05, 4.69) is 4.98 Å². The molecule has 0 aliphatic carbocycles. The van der Waals surface area contributed by atoms with Crippen LogP contribution in [0.5, 0.6) is 5.88 Å². The Morgan fingerprint density at radius 1 is 1.64 bits per heavy atom. The Morgan fingerprint density at radius 3 is 2.91 bits per heavy atom. The van der Waals surface area contributed by atoms with Gasteiger partial charge in [0.1, 0.15) is 0 Å². The van der Waals surface area contributed by atoms with E-state index >= 15 is 0 Å². The molecule has 1 rings (SSSR count). The fourth-order valence-corrected chi connectivity index (χ4v) is 1.67. The van der Waals surface area contributed by atoms with Gasteiger partial charge in [-0.05, 0) is 0 Å². The number of pyridine rings is 1. The average molecular weight is 347 g/mol. The summed E-state index contributed by atoms with van der Waals surface area (Å²) in [7, 11) is 1.57. The second-order valence-corrected chi connectivity index (χ2v) is 3.64. The van der Waals surface area contributed by atoms with E-state index < -0.39 is 0 Å². The summed E-state index contributed by atoms with van der Waals surface area (Å²) in [5.74, 6) is 0.571. The number of hydrogen-bond donors (Lipinski definition) is 1. The molecular formula is C7H8NO2Po. The molecule has 3 nitrogen and oxygen atoms in total. The number of aliphatic hydroxyl groups excluding tert-OH is 1. The number of aliphatic hydroxyl groups is 1. The van der Waals surface area contributed by atoms with Crippen LogP contribution < -0.4 is 8.09 Å². The Bertz CT molecular complexity index is 230. The van der Waals surface area contributed by atoms with Gasteiger partial charge < -0.3 is 0 Å². The van der Waals surface area contributed by atoms with Crippen LogP contribution in [0.2, 0.25) is 0 Å². The molecule has 1 aromatic rings. The van der Waals surface area contributed by atoms with Crippen molar-refractivity contribution >= 4 is 28.4 Å². The van der Waals surface area contributed by atoms with Gasteiger partial charge in [-0.1, -0.05) is 0 Å². The maximum atomic E-state index is 8.81. The first kappa shape index (κ1) is 8.90. The molecule has 0 fully saturated rings. The van der Waals surface area contributed by atoms with Gasteiger partial charge in [-0.2, -0.15) is 0 Å². The molecule has 1 heterocycles. The molecule has 0 unspecified atom stereocenters. The molecule has 0 saturated heterocycles. The molecule has 0 amide bonds. The topological polar surface area (TPSA) is 42.4 Å². The first-order valence-electron chi connectivity index (χ1n) is 3.09. The van der Waals surface area contributed by atoms with Gasteiger partial charge in [0.25, 0.3) is 0 Å². The summed E-state index contributed by atoms with van der Waals surface area (Å²) in [6.45, 7) is 0.0408. The predicted molar refractivity (Wildman–Crippen MR) is 42.1 cm³/mol. The zero-order valence-corrected chi connectivity index (χ0v) is 9.25. The van der Waals surface area contributed by atoms with E-state index in [4.69, 9.17) is 9.84 Å². The van der Waals surface area contributed by atoms with Gasteiger partial charge >= 0.3 is 80.5 Å². The maximum absolute atomic E-state index is 8.81. The molecule has 0 saturated carbocycles. The Kier molecular flexibility index (Phi) is 3.23. The second-order valence-electron chi connectivity index (χ2n) is 2.01. The Balaban J connectivity index is 3.02. The van der Waals surface area contributed by atoms with Crippen molar-refractivity contribution in [3.8, 4) is 5.88 Å². The number of hydrogen-bond acceptors (Lipinski definition) is 3. The molecule has 0 aliphatic heterocycles. The number of aromatic nitrogens is 1. The molecule has 0 bridgehead atoms. The molecule has 0 spiro atoms. The van der Waals surface area contributed by atoms with Gasteiger partial charge in [0.2, 0.25) is 0 Å². The van der Waals surface area contributed by atoms with Crippen LogP contribution in [-0.2, 0) is 6.61 Å². The molecule has 11 heavy (non-hydrogen) atoms. The third-order valence-electron chi connectivity index (χ3n) is 1.23. The van der Waals surface area contributed by atoms with E-state index in [0.29, 0.717) is 5.88 Å². The molecule has 1 N–H and O–H groups in total. The van der Waals surface area contributed by atoms with Crippen LogP contribution in [0.15, 0.2) is 12.1 Å². The Labute approximate surface area is 80.5 Å². The van der Waals surface area contributed by atoms with Crippen LogP contribution in [0.3, 0.4) is 0 Å². The molecule has 0 aromatic carbocycles. The van der Waals surface area contributed by atoms with Crippen molar-refractivity contribution in [1.29, 1.82) is 0 Å². The van der Waals surface area contributed by atoms with E-state index in [1.54, 1.807) is 13.2 Å². The number of ether oxygens (including phenoxy) is 1. The summed E-state index contributed by atoms with van der Waals surface area (Å²) in [6.07, 6.45) is 0. The predicted octanol–water partition coefficient (Wildman–Crippen LogP) is -0.624. The van der Waals surface area contributed by atoms with Gasteiger partial charge in [-0.15, -0.1) is 0 Å².